The van der Waals surface area contributed by atoms with Crippen molar-refractivity contribution >= 4 is 28.5 Å². The number of anilines is 1. The first-order chi connectivity index (χ1) is 13.5. The molecule has 0 bridgehead atoms. The Hall–Kier alpha value is -1.74. The molecule has 3 heterocycles. The molecule has 0 radical (unpaired) electrons. The van der Waals surface area contributed by atoms with Crippen molar-refractivity contribution in [1.82, 2.24) is 19.4 Å². The third kappa shape index (κ3) is 5.00. The number of β-amino-alcohol motifs (C(OH)–C–C–N with tert-alkyl or cyclic N) is 1. The van der Waals surface area contributed by atoms with Gasteiger partial charge in [0.1, 0.15) is 10.7 Å². The highest BCUT2D eigenvalue weighted by Crippen LogP contribution is 2.18. The van der Waals surface area contributed by atoms with Crippen LogP contribution in [0, 0.1) is 0 Å². The molecule has 8 nitrogen and oxygen atoms in total. The first kappa shape index (κ1) is 21.0. The van der Waals surface area contributed by atoms with Crippen LogP contribution in [0.25, 0.3) is 11.0 Å². The van der Waals surface area contributed by atoms with E-state index >= 15 is 0 Å². The van der Waals surface area contributed by atoms with Crippen molar-refractivity contribution in [2.24, 2.45) is 0 Å². The molecule has 2 aromatic rings. The topological polar surface area (TPSA) is 83.7 Å². The molecule has 9 heteroatoms. The molecule has 1 N–H and O–H groups in total. The molecular formula is C19H28ClN5O3. The number of aliphatic hydroxyl groups is 1. The molecule has 1 atom stereocenters. The lowest BCUT2D eigenvalue weighted by Gasteiger charge is -2.35. The van der Waals surface area contributed by atoms with Gasteiger partial charge in [-0.2, -0.15) is 0 Å². The molecule has 1 aliphatic heterocycles. The molecule has 0 aromatic carbocycles. The van der Waals surface area contributed by atoms with E-state index in [-0.39, 0.29) is 11.7 Å². The molecular weight excluding hydrogens is 382 g/mol. The van der Waals surface area contributed by atoms with E-state index in [1.165, 1.54) is 0 Å². The van der Waals surface area contributed by atoms with Crippen molar-refractivity contribution in [1.29, 1.82) is 0 Å². The van der Waals surface area contributed by atoms with E-state index in [9.17, 15) is 9.90 Å². The Kier molecular flexibility index (Phi) is 7.23. The van der Waals surface area contributed by atoms with Crippen LogP contribution in [0.2, 0.25) is 5.15 Å². The van der Waals surface area contributed by atoms with Gasteiger partial charge in [-0.15, -0.1) is 0 Å². The van der Waals surface area contributed by atoms with Crippen molar-refractivity contribution in [2.75, 3.05) is 50.8 Å². The highest BCUT2D eigenvalue weighted by molar-refractivity contribution is 6.29. The maximum Gasteiger partial charge on any atom is 0.294 e. The Balaban J connectivity index is 1.87. The summed E-state index contributed by atoms with van der Waals surface area (Å²) in [5, 5.41) is 9.91. The van der Waals surface area contributed by atoms with Crippen LogP contribution in [0.5, 0.6) is 0 Å². The zero-order chi connectivity index (χ0) is 20.1. The summed E-state index contributed by atoms with van der Waals surface area (Å²) in [6.07, 6.45) is 2.18. The predicted molar refractivity (Wildman–Crippen MR) is 110 cm³/mol. The highest BCUT2D eigenvalue weighted by Gasteiger charge is 2.23. The van der Waals surface area contributed by atoms with E-state index in [2.05, 4.69) is 21.8 Å². The Morgan fingerprint density at radius 1 is 1.29 bits per heavy atom. The number of halogens is 1. The second-order valence-corrected chi connectivity index (χ2v) is 7.52. The predicted octanol–water partition coefficient (Wildman–Crippen LogP) is 1.37. The first-order valence-corrected chi connectivity index (χ1v) is 10.2. The van der Waals surface area contributed by atoms with Crippen LogP contribution in [-0.4, -0.2) is 76.6 Å². The number of ether oxygens (including phenoxy) is 1. The maximum atomic E-state index is 13.2. The minimum Gasteiger partial charge on any atom is -0.392 e. The van der Waals surface area contributed by atoms with Crippen LogP contribution in [-0.2, 0) is 11.3 Å². The maximum absolute atomic E-state index is 13.2. The molecule has 0 amide bonds. The lowest BCUT2D eigenvalue weighted by atomic mass is 10.2. The number of aliphatic hydroxyl groups excluding tert-OH is 1. The summed E-state index contributed by atoms with van der Waals surface area (Å²) in [6.45, 7) is 8.97. The fourth-order valence-corrected chi connectivity index (χ4v) is 3.61. The second-order valence-electron chi connectivity index (χ2n) is 7.14. The summed E-state index contributed by atoms with van der Waals surface area (Å²) in [5.41, 5.74) is 1.17. The van der Waals surface area contributed by atoms with Crippen molar-refractivity contribution in [3.63, 3.8) is 0 Å². The third-order valence-electron chi connectivity index (χ3n) is 4.78. The van der Waals surface area contributed by atoms with E-state index in [1.54, 1.807) is 23.8 Å². The van der Waals surface area contributed by atoms with E-state index in [0.29, 0.717) is 61.4 Å². The largest absolute Gasteiger partial charge is 0.392 e. The van der Waals surface area contributed by atoms with E-state index in [0.717, 1.165) is 19.5 Å². The van der Waals surface area contributed by atoms with E-state index in [1.807, 2.05) is 4.90 Å². The lowest BCUT2D eigenvalue weighted by Crippen LogP contribution is -2.50. The fraction of sp³-hybridized carbons (Fsp3) is 0.632. The minimum atomic E-state index is -0.360. The molecule has 3 rings (SSSR count). The van der Waals surface area contributed by atoms with Crippen molar-refractivity contribution in [3.05, 3.63) is 27.8 Å². The SMILES string of the molecule is CCCOCCn1c(=O)c(N2CCN(C[C@H](C)O)CC2)nc2cnc(Cl)cc21. The molecule has 0 saturated carbocycles. The zero-order valence-corrected chi connectivity index (χ0v) is 17.2. The van der Waals surface area contributed by atoms with Gasteiger partial charge in [-0.3, -0.25) is 9.69 Å². The number of pyridine rings is 1. The van der Waals surface area contributed by atoms with Gasteiger partial charge in [0.05, 0.1) is 24.4 Å². The normalized spacial score (nSPS) is 16.6. The summed E-state index contributed by atoms with van der Waals surface area (Å²) >= 11 is 6.05. The highest BCUT2D eigenvalue weighted by atomic mass is 35.5. The number of hydrogen-bond acceptors (Lipinski definition) is 7. The summed E-state index contributed by atoms with van der Waals surface area (Å²) in [7, 11) is 0. The van der Waals surface area contributed by atoms with Gasteiger partial charge in [0, 0.05) is 51.9 Å². The molecule has 1 fully saturated rings. The van der Waals surface area contributed by atoms with Gasteiger partial charge in [-0.25, -0.2) is 9.97 Å². The van der Waals surface area contributed by atoms with Crippen LogP contribution in [0.15, 0.2) is 17.1 Å². The number of rotatable bonds is 8. The molecule has 2 aromatic heterocycles. The Morgan fingerprint density at radius 3 is 2.71 bits per heavy atom. The van der Waals surface area contributed by atoms with Crippen LogP contribution < -0.4 is 10.5 Å². The smallest absolute Gasteiger partial charge is 0.294 e. The fourth-order valence-electron chi connectivity index (χ4n) is 3.45. The van der Waals surface area contributed by atoms with Gasteiger partial charge in [0.15, 0.2) is 5.82 Å². The third-order valence-corrected chi connectivity index (χ3v) is 4.99. The first-order valence-electron chi connectivity index (χ1n) is 9.78. The van der Waals surface area contributed by atoms with Crippen LogP contribution in [0.3, 0.4) is 0 Å². The Morgan fingerprint density at radius 2 is 2.04 bits per heavy atom. The molecule has 0 aliphatic carbocycles. The van der Waals surface area contributed by atoms with Crippen molar-refractivity contribution in [3.8, 4) is 0 Å². The number of hydrogen-bond donors (Lipinski definition) is 1. The molecule has 0 unspecified atom stereocenters. The number of fused-ring (bicyclic) bond motifs is 1. The molecule has 28 heavy (non-hydrogen) atoms. The lowest BCUT2D eigenvalue weighted by molar-refractivity contribution is 0.122. The molecule has 1 aliphatic rings. The molecule has 154 valence electrons. The van der Waals surface area contributed by atoms with E-state index in [4.69, 9.17) is 16.3 Å². The van der Waals surface area contributed by atoms with Crippen LogP contribution in [0.4, 0.5) is 5.82 Å². The van der Waals surface area contributed by atoms with Gasteiger partial charge in [-0.1, -0.05) is 18.5 Å². The van der Waals surface area contributed by atoms with E-state index < -0.39 is 0 Å². The standard InChI is InChI=1S/C19H28ClN5O3/c1-3-9-28-10-8-25-16-11-17(20)21-12-15(16)22-18(19(25)27)24-6-4-23(5-7-24)13-14(2)26/h11-12,14,26H,3-10,13H2,1-2H3/t14-/m0/s1. The van der Waals surface area contributed by atoms with Gasteiger partial charge in [0.2, 0.25) is 0 Å². The van der Waals surface area contributed by atoms with Gasteiger partial charge < -0.3 is 19.3 Å². The Labute approximate surface area is 169 Å². The molecule has 0 spiro atoms. The van der Waals surface area contributed by atoms with Crippen molar-refractivity contribution in [2.45, 2.75) is 32.9 Å². The zero-order valence-electron chi connectivity index (χ0n) is 16.5. The Bertz CT molecular complexity index is 849. The summed E-state index contributed by atoms with van der Waals surface area (Å²) in [5.74, 6) is 0.434. The summed E-state index contributed by atoms with van der Waals surface area (Å²) in [6, 6.07) is 1.68. The quantitative estimate of drug-likeness (QED) is 0.520. The number of piperazine rings is 1. The minimum absolute atomic E-state index is 0.140. The average Bonchev–Trinajstić information content (AvgIpc) is 2.67. The number of aromatic nitrogens is 3. The van der Waals surface area contributed by atoms with Gasteiger partial charge in [-0.05, 0) is 13.3 Å². The second kappa shape index (κ2) is 9.65. The van der Waals surface area contributed by atoms with Gasteiger partial charge in [0.25, 0.3) is 5.56 Å². The molecule has 1 saturated heterocycles. The summed E-state index contributed by atoms with van der Waals surface area (Å²) < 4.78 is 7.27. The van der Waals surface area contributed by atoms with Gasteiger partial charge >= 0.3 is 0 Å². The van der Waals surface area contributed by atoms with Crippen molar-refractivity contribution < 1.29 is 9.84 Å². The van der Waals surface area contributed by atoms with Crippen LogP contribution in [0.1, 0.15) is 20.3 Å². The number of nitrogens with zero attached hydrogens (tertiary/aromatic N) is 5. The average molecular weight is 410 g/mol. The van der Waals surface area contributed by atoms with Crippen LogP contribution >= 0.6 is 11.6 Å². The monoisotopic (exact) mass is 409 g/mol. The summed E-state index contributed by atoms with van der Waals surface area (Å²) in [4.78, 5) is 26.1.